The summed E-state index contributed by atoms with van der Waals surface area (Å²) in [6.07, 6.45) is 9.11. The standard InChI is InChI=1S/C21H32N2O2/c24-16-18-8-6-17(7-9-18)14-19-10-12-23(15-19)13-11-21(25)22-20-4-2-1-3-5-20/h6-9,19-20,24H,1-5,10-16H2,(H,22,25). The van der Waals surface area contributed by atoms with Crippen LogP contribution in [0, 0.1) is 5.92 Å². The number of carbonyl (C=O) groups is 1. The molecule has 3 rings (SSSR count). The second kappa shape index (κ2) is 9.35. The average molecular weight is 344 g/mol. The molecule has 4 nitrogen and oxygen atoms in total. The number of likely N-dealkylation sites (tertiary alicyclic amines) is 1. The number of amides is 1. The van der Waals surface area contributed by atoms with Crippen molar-refractivity contribution in [3.63, 3.8) is 0 Å². The topological polar surface area (TPSA) is 52.6 Å². The van der Waals surface area contributed by atoms with Gasteiger partial charge in [-0.25, -0.2) is 0 Å². The third-order valence-corrected chi connectivity index (χ3v) is 5.73. The lowest BCUT2D eigenvalue weighted by Gasteiger charge is -2.23. The number of aliphatic hydroxyl groups is 1. The zero-order valence-electron chi connectivity index (χ0n) is 15.3. The van der Waals surface area contributed by atoms with Crippen LogP contribution in [0.25, 0.3) is 0 Å². The largest absolute Gasteiger partial charge is 0.392 e. The lowest BCUT2D eigenvalue weighted by atomic mass is 9.95. The summed E-state index contributed by atoms with van der Waals surface area (Å²) in [7, 11) is 0. The van der Waals surface area contributed by atoms with E-state index in [1.165, 1.54) is 31.2 Å². The molecule has 2 N–H and O–H groups in total. The number of aliphatic hydroxyl groups excluding tert-OH is 1. The van der Waals surface area contributed by atoms with Crippen molar-refractivity contribution in [2.24, 2.45) is 5.92 Å². The minimum absolute atomic E-state index is 0.112. The quantitative estimate of drug-likeness (QED) is 0.800. The fraction of sp³-hybridized carbons (Fsp3) is 0.667. The van der Waals surface area contributed by atoms with Crippen molar-refractivity contribution in [3.8, 4) is 0 Å². The highest BCUT2D eigenvalue weighted by atomic mass is 16.3. The highest BCUT2D eigenvalue weighted by molar-refractivity contribution is 5.76. The molecule has 138 valence electrons. The van der Waals surface area contributed by atoms with Crippen LogP contribution in [0.4, 0.5) is 0 Å². The van der Waals surface area contributed by atoms with Gasteiger partial charge in [-0.15, -0.1) is 0 Å². The van der Waals surface area contributed by atoms with Gasteiger partial charge in [0.05, 0.1) is 6.61 Å². The van der Waals surface area contributed by atoms with Gasteiger partial charge in [-0.05, 0) is 49.3 Å². The molecule has 0 spiro atoms. The molecule has 1 amide bonds. The molecule has 1 unspecified atom stereocenters. The van der Waals surface area contributed by atoms with E-state index in [9.17, 15) is 4.79 Å². The molecular weight excluding hydrogens is 312 g/mol. The molecule has 1 aromatic carbocycles. The van der Waals surface area contributed by atoms with Gasteiger partial charge in [-0.1, -0.05) is 43.5 Å². The number of hydrogen-bond acceptors (Lipinski definition) is 3. The van der Waals surface area contributed by atoms with Gasteiger partial charge in [-0.3, -0.25) is 4.79 Å². The highest BCUT2D eigenvalue weighted by Gasteiger charge is 2.23. The van der Waals surface area contributed by atoms with Crippen LogP contribution in [0.3, 0.4) is 0 Å². The lowest BCUT2D eigenvalue weighted by molar-refractivity contribution is -0.122. The van der Waals surface area contributed by atoms with E-state index < -0.39 is 0 Å². The fourth-order valence-corrected chi connectivity index (χ4v) is 4.20. The predicted molar refractivity (Wildman–Crippen MR) is 100 cm³/mol. The van der Waals surface area contributed by atoms with E-state index in [2.05, 4.69) is 22.3 Å². The summed E-state index contributed by atoms with van der Waals surface area (Å²) in [6, 6.07) is 8.71. The van der Waals surface area contributed by atoms with Crippen molar-refractivity contribution in [2.75, 3.05) is 19.6 Å². The van der Waals surface area contributed by atoms with Crippen LogP contribution in [0.1, 0.15) is 56.1 Å². The number of benzene rings is 1. The number of carbonyl (C=O) groups excluding carboxylic acids is 1. The molecule has 1 heterocycles. The molecule has 0 aromatic heterocycles. The third kappa shape index (κ3) is 5.82. The Morgan fingerprint density at radius 3 is 2.52 bits per heavy atom. The van der Waals surface area contributed by atoms with E-state index in [4.69, 9.17) is 5.11 Å². The number of hydrogen-bond donors (Lipinski definition) is 2. The van der Waals surface area contributed by atoms with E-state index in [0.29, 0.717) is 18.4 Å². The first-order valence-corrected chi connectivity index (χ1v) is 9.93. The van der Waals surface area contributed by atoms with E-state index in [1.54, 1.807) is 0 Å². The minimum atomic E-state index is 0.112. The van der Waals surface area contributed by atoms with Crippen molar-refractivity contribution in [3.05, 3.63) is 35.4 Å². The van der Waals surface area contributed by atoms with Crippen molar-refractivity contribution in [1.82, 2.24) is 10.2 Å². The van der Waals surface area contributed by atoms with Gasteiger partial charge in [0.15, 0.2) is 0 Å². The van der Waals surface area contributed by atoms with Crippen LogP contribution in [0.15, 0.2) is 24.3 Å². The summed E-state index contributed by atoms with van der Waals surface area (Å²) in [5.74, 6) is 0.913. The van der Waals surface area contributed by atoms with Gasteiger partial charge in [-0.2, -0.15) is 0 Å². The van der Waals surface area contributed by atoms with Crippen molar-refractivity contribution in [1.29, 1.82) is 0 Å². The first-order valence-electron chi connectivity index (χ1n) is 9.93. The van der Waals surface area contributed by atoms with Gasteiger partial charge in [0, 0.05) is 25.6 Å². The Bertz CT molecular complexity index is 537. The maximum atomic E-state index is 12.1. The normalized spacial score (nSPS) is 22.2. The molecule has 1 aliphatic carbocycles. The molecule has 1 saturated carbocycles. The predicted octanol–water partition coefficient (Wildman–Crippen LogP) is 2.88. The Hall–Kier alpha value is -1.39. The third-order valence-electron chi connectivity index (χ3n) is 5.73. The Balaban J connectivity index is 1.35. The number of nitrogens with one attached hydrogen (secondary N) is 1. The van der Waals surface area contributed by atoms with E-state index in [0.717, 1.165) is 44.5 Å². The van der Waals surface area contributed by atoms with E-state index in [1.807, 2.05) is 12.1 Å². The lowest BCUT2D eigenvalue weighted by Crippen LogP contribution is -2.38. The summed E-state index contributed by atoms with van der Waals surface area (Å²) in [5, 5.41) is 12.3. The van der Waals surface area contributed by atoms with Gasteiger partial charge < -0.3 is 15.3 Å². The molecule has 2 fully saturated rings. The number of nitrogens with zero attached hydrogens (tertiary/aromatic N) is 1. The van der Waals surface area contributed by atoms with Crippen LogP contribution in [-0.2, 0) is 17.8 Å². The second-order valence-electron chi connectivity index (χ2n) is 7.79. The van der Waals surface area contributed by atoms with Crippen LogP contribution in [0.2, 0.25) is 0 Å². The molecule has 1 saturated heterocycles. The summed E-state index contributed by atoms with van der Waals surface area (Å²) < 4.78 is 0. The van der Waals surface area contributed by atoms with Crippen LogP contribution >= 0.6 is 0 Å². The Morgan fingerprint density at radius 2 is 1.80 bits per heavy atom. The molecule has 0 bridgehead atoms. The average Bonchev–Trinajstić information content (AvgIpc) is 3.09. The molecule has 1 atom stereocenters. The Morgan fingerprint density at radius 1 is 1.08 bits per heavy atom. The second-order valence-corrected chi connectivity index (χ2v) is 7.79. The number of rotatable bonds is 7. The zero-order valence-corrected chi connectivity index (χ0v) is 15.3. The van der Waals surface area contributed by atoms with Crippen LogP contribution < -0.4 is 5.32 Å². The monoisotopic (exact) mass is 344 g/mol. The van der Waals surface area contributed by atoms with E-state index in [-0.39, 0.29) is 12.5 Å². The van der Waals surface area contributed by atoms with Gasteiger partial charge in [0.25, 0.3) is 0 Å². The molecule has 4 heteroatoms. The van der Waals surface area contributed by atoms with E-state index >= 15 is 0 Å². The molecule has 1 aliphatic heterocycles. The van der Waals surface area contributed by atoms with Crippen LogP contribution in [-0.4, -0.2) is 41.6 Å². The summed E-state index contributed by atoms with van der Waals surface area (Å²) in [5.41, 5.74) is 2.32. The molecule has 1 aromatic rings. The molecular formula is C21H32N2O2. The molecule has 0 radical (unpaired) electrons. The maximum absolute atomic E-state index is 12.1. The fourth-order valence-electron chi connectivity index (χ4n) is 4.20. The van der Waals surface area contributed by atoms with Gasteiger partial charge >= 0.3 is 0 Å². The van der Waals surface area contributed by atoms with Crippen molar-refractivity contribution >= 4 is 5.91 Å². The summed E-state index contributed by atoms with van der Waals surface area (Å²) >= 11 is 0. The van der Waals surface area contributed by atoms with Crippen molar-refractivity contribution in [2.45, 2.75) is 64.0 Å². The van der Waals surface area contributed by atoms with Crippen molar-refractivity contribution < 1.29 is 9.90 Å². The highest BCUT2D eigenvalue weighted by Crippen LogP contribution is 2.21. The Kier molecular flexibility index (Phi) is 6.88. The molecule has 2 aliphatic rings. The van der Waals surface area contributed by atoms with Gasteiger partial charge in [0.1, 0.15) is 0 Å². The first-order chi connectivity index (χ1) is 12.2. The van der Waals surface area contributed by atoms with Gasteiger partial charge in [0.2, 0.25) is 5.91 Å². The summed E-state index contributed by atoms with van der Waals surface area (Å²) in [4.78, 5) is 14.6. The zero-order chi connectivity index (χ0) is 17.5. The SMILES string of the molecule is O=C(CCN1CCC(Cc2ccc(CO)cc2)C1)NC1CCCCC1. The van der Waals surface area contributed by atoms with Crippen LogP contribution in [0.5, 0.6) is 0 Å². The summed E-state index contributed by atoms with van der Waals surface area (Å²) in [6.45, 7) is 3.20. The smallest absolute Gasteiger partial charge is 0.221 e. The minimum Gasteiger partial charge on any atom is -0.392 e. The Labute approximate surface area is 151 Å². The first kappa shape index (κ1) is 18.4. The molecule has 25 heavy (non-hydrogen) atoms. The maximum Gasteiger partial charge on any atom is 0.221 e.